The van der Waals surface area contributed by atoms with E-state index in [9.17, 15) is 9.59 Å². The summed E-state index contributed by atoms with van der Waals surface area (Å²) in [6.45, 7) is 7.89. The van der Waals surface area contributed by atoms with E-state index in [1.165, 1.54) is 12.8 Å². The quantitative estimate of drug-likeness (QED) is 0.819. The number of likely N-dealkylation sites (tertiary alicyclic amines) is 1. The molecular formula is C18H26N2O3. The topological polar surface area (TPSA) is 58.6 Å². The van der Waals surface area contributed by atoms with Gasteiger partial charge in [-0.05, 0) is 71.0 Å². The van der Waals surface area contributed by atoms with Crippen LogP contribution in [0.15, 0.2) is 24.3 Å². The van der Waals surface area contributed by atoms with Gasteiger partial charge in [-0.25, -0.2) is 4.79 Å². The summed E-state index contributed by atoms with van der Waals surface area (Å²) in [6.07, 6.45) is 2.78. The number of nitrogens with zero attached hydrogens (tertiary/aromatic N) is 1. The fraction of sp³-hybridized carbons (Fsp3) is 0.556. The number of amides is 1. The molecule has 1 unspecified atom stereocenters. The first kappa shape index (κ1) is 17.5. The van der Waals surface area contributed by atoms with Gasteiger partial charge in [-0.15, -0.1) is 0 Å². The zero-order valence-electron chi connectivity index (χ0n) is 14.2. The standard InChI is InChI=1S/C18H26N2O3/c1-13(2)23-18(22)15-6-8-16(9-7-15)19-17(21)12-14(3)20-10-4-5-11-20/h6-9,13-14H,4-5,10-12H2,1-3H3,(H,19,21). The monoisotopic (exact) mass is 318 g/mol. The number of carbonyl (C=O) groups is 2. The fourth-order valence-electron chi connectivity index (χ4n) is 2.76. The molecule has 1 aromatic carbocycles. The van der Waals surface area contributed by atoms with E-state index >= 15 is 0 Å². The summed E-state index contributed by atoms with van der Waals surface area (Å²) in [7, 11) is 0. The second-order valence-electron chi connectivity index (χ2n) is 6.38. The lowest BCUT2D eigenvalue weighted by atomic mass is 10.1. The molecular weight excluding hydrogens is 292 g/mol. The number of esters is 1. The summed E-state index contributed by atoms with van der Waals surface area (Å²) in [5.74, 6) is -0.345. The van der Waals surface area contributed by atoms with Crippen molar-refractivity contribution in [2.24, 2.45) is 0 Å². The molecule has 1 N–H and O–H groups in total. The van der Waals surface area contributed by atoms with Gasteiger partial charge in [0.1, 0.15) is 0 Å². The van der Waals surface area contributed by atoms with Crippen LogP contribution in [0.3, 0.4) is 0 Å². The highest BCUT2D eigenvalue weighted by molar-refractivity contribution is 5.93. The third-order valence-electron chi connectivity index (χ3n) is 3.99. The van der Waals surface area contributed by atoms with E-state index in [-0.39, 0.29) is 24.0 Å². The van der Waals surface area contributed by atoms with E-state index in [4.69, 9.17) is 4.74 Å². The first-order valence-corrected chi connectivity index (χ1v) is 8.30. The molecule has 5 heteroatoms. The molecule has 0 spiro atoms. The molecule has 126 valence electrons. The van der Waals surface area contributed by atoms with Crippen molar-refractivity contribution in [1.82, 2.24) is 4.90 Å². The molecule has 1 fully saturated rings. The number of nitrogens with one attached hydrogen (secondary N) is 1. The fourth-order valence-corrected chi connectivity index (χ4v) is 2.76. The van der Waals surface area contributed by atoms with Crippen LogP contribution in [0.2, 0.25) is 0 Å². The van der Waals surface area contributed by atoms with Crippen LogP contribution in [0.25, 0.3) is 0 Å². The highest BCUT2D eigenvalue weighted by Gasteiger charge is 2.20. The molecule has 1 aromatic rings. The maximum absolute atomic E-state index is 12.1. The Kier molecular flexibility index (Phi) is 6.16. The number of rotatable bonds is 6. The van der Waals surface area contributed by atoms with Crippen LogP contribution in [0.4, 0.5) is 5.69 Å². The van der Waals surface area contributed by atoms with E-state index in [1.807, 2.05) is 13.8 Å². The molecule has 1 aliphatic rings. The maximum Gasteiger partial charge on any atom is 0.338 e. The Morgan fingerprint density at radius 3 is 2.30 bits per heavy atom. The van der Waals surface area contributed by atoms with Gasteiger partial charge in [0.15, 0.2) is 0 Å². The highest BCUT2D eigenvalue weighted by Crippen LogP contribution is 2.16. The van der Waals surface area contributed by atoms with Crippen molar-refractivity contribution in [3.05, 3.63) is 29.8 Å². The number of anilines is 1. The van der Waals surface area contributed by atoms with Crippen molar-refractivity contribution in [3.8, 4) is 0 Å². The molecule has 1 heterocycles. The van der Waals surface area contributed by atoms with Crippen molar-refractivity contribution in [2.45, 2.75) is 52.2 Å². The molecule has 0 aromatic heterocycles. The Labute approximate surface area is 138 Å². The van der Waals surface area contributed by atoms with Crippen molar-refractivity contribution < 1.29 is 14.3 Å². The average Bonchev–Trinajstić information content (AvgIpc) is 3.01. The lowest BCUT2D eigenvalue weighted by Gasteiger charge is -2.23. The Morgan fingerprint density at radius 2 is 1.74 bits per heavy atom. The van der Waals surface area contributed by atoms with E-state index < -0.39 is 0 Å². The molecule has 1 aliphatic heterocycles. The van der Waals surface area contributed by atoms with Crippen molar-refractivity contribution in [1.29, 1.82) is 0 Å². The number of ether oxygens (including phenoxy) is 1. The number of hydrogen-bond acceptors (Lipinski definition) is 4. The molecule has 5 nitrogen and oxygen atoms in total. The molecule has 1 saturated heterocycles. The van der Waals surface area contributed by atoms with Gasteiger partial charge in [0, 0.05) is 18.2 Å². The summed E-state index contributed by atoms with van der Waals surface area (Å²) < 4.78 is 5.14. The second-order valence-corrected chi connectivity index (χ2v) is 6.38. The van der Waals surface area contributed by atoms with Crippen LogP contribution in [0.1, 0.15) is 50.4 Å². The molecule has 1 amide bonds. The van der Waals surface area contributed by atoms with E-state index in [1.54, 1.807) is 24.3 Å². The Balaban J connectivity index is 1.85. The summed E-state index contributed by atoms with van der Waals surface area (Å²) in [4.78, 5) is 26.2. The maximum atomic E-state index is 12.1. The molecule has 0 bridgehead atoms. The predicted molar refractivity (Wildman–Crippen MR) is 90.5 cm³/mol. The van der Waals surface area contributed by atoms with Gasteiger partial charge < -0.3 is 15.0 Å². The Morgan fingerprint density at radius 1 is 1.13 bits per heavy atom. The normalized spacial score (nSPS) is 16.3. The van der Waals surface area contributed by atoms with Crippen LogP contribution >= 0.6 is 0 Å². The molecule has 23 heavy (non-hydrogen) atoms. The SMILES string of the molecule is CC(C)OC(=O)c1ccc(NC(=O)CC(C)N2CCCC2)cc1. The van der Waals surface area contributed by atoms with Gasteiger partial charge in [-0.2, -0.15) is 0 Å². The number of benzene rings is 1. The van der Waals surface area contributed by atoms with Crippen LogP contribution < -0.4 is 5.32 Å². The minimum Gasteiger partial charge on any atom is -0.459 e. The van der Waals surface area contributed by atoms with Crippen molar-refractivity contribution >= 4 is 17.6 Å². The average molecular weight is 318 g/mol. The third kappa shape index (κ3) is 5.36. The Bertz CT molecular complexity index is 534. The predicted octanol–water partition coefficient (Wildman–Crippen LogP) is 3.06. The van der Waals surface area contributed by atoms with Crippen LogP contribution in [-0.4, -0.2) is 42.0 Å². The van der Waals surface area contributed by atoms with E-state index in [0.29, 0.717) is 17.7 Å². The smallest absolute Gasteiger partial charge is 0.338 e. The summed E-state index contributed by atoms with van der Waals surface area (Å²) in [5, 5.41) is 2.89. The first-order valence-electron chi connectivity index (χ1n) is 8.30. The summed E-state index contributed by atoms with van der Waals surface area (Å²) >= 11 is 0. The second kappa shape index (κ2) is 8.11. The van der Waals surface area contributed by atoms with Gasteiger partial charge in [0.25, 0.3) is 0 Å². The first-order chi connectivity index (χ1) is 11.0. The number of hydrogen-bond donors (Lipinski definition) is 1. The molecule has 0 saturated carbocycles. The Hall–Kier alpha value is -1.88. The summed E-state index contributed by atoms with van der Waals surface area (Å²) in [5.41, 5.74) is 1.19. The molecule has 0 radical (unpaired) electrons. The molecule has 1 atom stereocenters. The van der Waals surface area contributed by atoms with Gasteiger partial charge in [0.2, 0.25) is 5.91 Å². The van der Waals surface area contributed by atoms with Gasteiger partial charge in [0.05, 0.1) is 11.7 Å². The van der Waals surface area contributed by atoms with E-state index in [2.05, 4.69) is 17.1 Å². The minimum absolute atomic E-state index is 0.00177. The summed E-state index contributed by atoms with van der Waals surface area (Å²) in [6, 6.07) is 7.07. The van der Waals surface area contributed by atoms with Gasteiger partial charge in [-0.3, -0.25) is 4.79 Å². The van der Waals surface area contributed by atoms with Crippen LogP contribution in [0, 0.1) is 0 Å². The van der Waals surface area contributed by atoms with Gasteiger partial charge >= 0.3 is 5.97 Å². The van der Waals surface area contributed by atoms with Crippen LogP contribution in [0.5, 0.6) is 0 Å². The van der Waals surface area contributed by atoms with Crippen molar-refractivity contribution in [2.75, 3.05) is 18.4 Å². The molecule has 2 rings (SSSR count). The van der Waals surface area contributed by atoms with Crippen molar-refractivity contribution in [3.63, 3.8) is 0 Å². The number of carbonyl (C=O) groups excluding carboxylic acids is 2. The largest absolute Gasteiger partial charge is 0.459 e. The zero-order chi connectivity index (χ0) is 16.8. The van der Waals surface area contributed by atoms with Gasteiger partial charge in [-0.1, -0.05) is 0 Å². The molecule has 0 aliphatic carbocycles. The minimum atomic E-state index is -0.347. The zero-order valence-corrected chi connectivity index (χ0v) is 14.2. The third-order valence-corrected chi connectivity index (χ3v) is 3.99. The van der Waals surface area contributed by atoms with E-state index in [0.717, 1.165) is 13.1 Å². The highest BCUT2D eigenvalue weighted by atomic mass is 16.5. The lowest BCUT2D eigenvalue weighted by Crippen LogP contribution is -2.33. The lowest BCUT2D eigenvalue weighted by molar-refractivity contribution is -0.117. The van der Waals surface area contributed by atoms with Crippen LogP contribution in [-0.2, 0) is 9.53 Å².